The molecule has 1 aromatic rings. The third kappa shape index (κ3) is 5.52. The Labute approximate surface area is 137 Å². The molecule has 1 aliphatic rings. The molecule has 1 aromatic carbocycles. The van der Waals surface area contributed by atoms with Gasteiger partial charge in [-0.15, -0.1) is 0 Å². The Morgan fingerprint density at radius 3 is 2.46 bits per heavy atom. The van der Waals surface area contributed by atoms with Crippen molar-refractivity contribution < 1.29 is 27.9 Å². The van der Waals surface area contributed by atoms with Gasteiger partial charge < -0.3 is 15.7 Å². The molecule has 2 rings (SSSR count). The average Bonchev–Trinajstić information content (AvgIpc) is 2.90. The summed E-state index contributed by atoms with van der Waals surface area (Å²) in [5.74, 6) is -1.92. The molecule has 1 aliphatic carbocycles. The van der Waals surface area contributed by atoms with E-state index < -0.39 is 30.0 Å². The highest BCUT2D eigenvalue weighted by atomic mass is 19.4. The van der Waals surface area contributed by atoms with E-state index in [-0.39, 0.29) is 17.8 Å². The first-order valence-corrected chi connectivity index (χ1v) is 7.64. The number of halogens is 3. The van der Waals surface area contributed by atoms with Crippen LogP contribution >= 0.6 is 0 Å². The molecular weight excluding hydrogens is 325 g/mol. The summed E-state index contributed by atoms with van der Waals surface area (Å²) >= 11 is 0. The van der Waals surface area contributed by atoms with Crippen molar-refractivity contribution >= 4 is 17.5 Å². The van der Waals surface area contributed by atoms with Crippen LogP contribution in [0.3, 0.4) is 0 Å². The van der Waals surface area contributed by atoms with Crippen molar-refractivity contribution in [3.05, 3.63) is 29.8 Å². The van der Waals surface area contributed by atoms with Gasteiger partial charge in [-0.2, -0.15) is 13.2 Å². The number of nitrogens with one attached hydrogen (secondary N) is 2. The fourth-order valence-electron chi connectivity index (χ4n) is 2.71. The summed E-state index contributed by atoms with van der Waals surface area (Å²) in [7, 11) is 0. The molecule has 3 N–H and O–H groups in total. The second-order valence-electron chi connectivity index (χ2n) is 6.06. The molecule has 0 saturated heterocycles. The third-order valence-electron chi connectivity index (χ3n) is 3.91. The summed E-state index contributed by atoms with van der Waals surface area (Å²) < 4.78 is 37.1. The number of alkyl halides is 3. The number of anilines is 1. The molecule has 8 heteroatoms. The monoisotopic (exact) mass is 344 g/mol. The SMILES string of the molecule is O=C(NCC1(O)CCCC1)C(=O)Nc1cccc(CC(F)(F)F)c1. The van der Waals surface area contributed by atoms with Gasteiger partial charge in [0.15, 0.2) is 0 Å². The zero-order chi connectivity index (χ0) is 17.8. The Balaban J connectivity index is 1.89. The number of carbonyl (C=O) groups excluding carboxylic acids is 2. The van der Waals surface area contributed by atoms with Crippen LogP contribution in [0.15, 0.2) is 24.3 Å². The van der Waals surface area contributed by atoms with Crippen molar-refractivity contribution in [2.75, 3.05) is 11.9 Å². The molecule has 0 spiro atoms. The van der Waals surface area contributed by atoms with Gasteiger partial charge >= 0.3 is 18.0 Å². The summed E-state index contributed by atoms with van der Waals surface area (Å²) in [6.07, 6.45) is -2.61. The van der Waals surface area contributed by atoms with Crippen molar-refractivity contribution in [2.45, 2.75) is 43.9 Å². The van der Waals surface area contributed by atoms with Crippen LogP contribution in [0.25, 0.3) is 0 Å². The van der Waals surface area contributed by atoms with E-state index in [1.807, 2.05) is 0 Å². The number of benzene rings is 1. The van der Waals surface area contributed by atoms with E-state index in [1.165, 1.54) is 24.3 Å². The minimum Gasteiger partial charge on any atom is -0.388 e. The van der Waals surface area contributed by atoms with Gasteiger partial charge in [-0.25, -0.2) is 0 Å². The zero-order valence-corrected chi connectivity index (χ0v) is 12.9. The van der Waals surface area contributed by atoms with Gasteiger partial charge in [-0.1, -0.05) is 25.0 Å². The topological polar surface area (TPSA) is 78.4 Å². The highest BCUT2D eigenvalue weighted by molar-refractivity contribution is 6.39. The van der Waals surface area contributed by atoms with Gasteiger partial charge in [0.25, 0.3) is 0 Å². The molecule has 5 nitrogen and oxygen atoms in total. The van der Waals surface area contributed by atoms with Crippen molar-refractivity contribution in [2.24, 2.45) is 0 Å². The van der Waals surface area contributed by atoms with Crippen LogP contribution in [0.4, 0.5) is 18.9 Å². The second kappa shape index (κ2) is 7.21. The maximum Gasteiger partial charge on any atom is 0.393 e. The van der Waals surface area contributed by atoms with Gasteiger partial charge in [0, 0.05) is 12.2 Å². The van der Waals surface area contributed by atoms with Crippen molar-refractivity contribution in [1.82, 2.24) is 5.32 Å². The average molecular weight is 344 g/mol. The third-order valence-corrected chi connectivity index (χ3v) is 3.91. The lowest BCUT2D eigenvalue weighted by Gasteiger charge is -2.22. The second-order valence-corrected chi connectivity index (χ2v) is 6.06. The molecule has 0 radical (unpaired) electrons. The Hall–Kier alpha value is -2.09. The maximum atomic E-state index is 12.4. The Kier molecular flexibility index (Phi) is 5.48. The van der Waals surface area contributed by atoms with E-state index in [4.69, 9.17) is 0 Å². The first-order valence-electron chi connectivity index (χ1n) is 7.64. The minimum absolute atomic E-state index is 0.0130. The molecule has 24 heavy (non-hydrogen) atoms. The molecule has 0 unspecified atom stereocenters. The number of amides is 2. The zero-order valence-electron chi connectivity index (χ0n) is 12.9. The van der Waals surface area contributed by atoms with Crippen LogP contribution in [0.5, 0.6) is 0 Å². The van der Waals surface area contributed by atoms with Crippen LogP contribution in [0.2, 0.25) is 0 Å². The highest BCUT2D eigenvalue weighted by Crippen LogP contribution is 2.28. The van der Waals surface area contributed by atoms with E-state index in [2.05, 4.69) is 10.6 Å². The van der Waals surface area contributed by atoms with Crippen LogP contribution in [0, 0.1) is 0 Å². The Bertz CT molecular complexity index is 611. The Morgan fingerprint density at radius 1 is 1.17 bits per heavy atom. The van der Waals surface area contributed by atoms with Gasteiger partial charge in [0.2, 0.25) is 0 Å². The van der Waals surface area contributed by atoms with Crippen molar-refractivity contribution in [3.8, 4) is 0 Å². The van der Waals surface area contributed by atoms with Crippen LogP contribution in [0.1, 0.15) is 31.2 Å². The fraction of sp³-hybridized carbons (Fsp3) is 0.500. The molecule has 2 amide bonds. The lowest BCUT2D eigenvalue weighted by atomic mass is 10.0. The van der Waals surface area contributed by atoms with Gasteiger partial charge in [0.1, 0.15) is 0 Å². The van der Waals surface area contributed by atoms with E-state index >= 15 is 0 Å². The number of aliphatic hydroxyl groups is 1. The fourth-order valence-corrected chi connectivity index (χ4v) is 2.71. The van der Waals surface area contributed by atoms with Crippen LogP contribution in [-0.4, -0.2) is 35.2 Å². The minimum atomic E-state index is -4.35. The smallest absolute Gasteiger partial charge is 0.388 e. The maximum absolute atomic E-state index is 12.4. The standard InChI is InChI=1S/C16H19F3N2O3/c17-16(18,19)9-11-4-3-5-12(8-11)21-14(23)13(22)20-10-15(24)6-1-2-7-15/h3-5,8,24H,1-2,6-7,9-10H2,(H,20,22)(H,21,23). The largest absolute Gasteiger partial charge is 0.393 e. The summed E-state index contributed by atoms with van der Waals surface area (Å²) in [6, 6.07) is 5.23. The molecule has 0 heterocycles. The van der Waals surface area contributed by atoms with Crippen molar-refractivity contribution in [1.29, 1.82) is 0 Å². The lowest BCUT2D eigenvalue weighted by molar-refractivity contribution is -0.136. The first kappa shape index (κ1) is 18.3. The Morgan fingerprint density at radius 2 is 1.83 bits per heavy atom. The number of hydrogen-bond donors (Lipinski definition) is 3. The summed E-state index contributed by atoms with van der Waals surface area (Å²) in [5, 5.41) is 14.7. The molecule has 0 aromatic heterocycles. The number of carbonyl (C=O) groups is 2. The van der Waals surface area contributed by atoms with Gasteiger partial charge in [-0.05, 0) is 30.5 Å². The first-order chi connectivity index (χ1) is 11.2. The van der Waals surface area contributed by atoms with E-state index in [0.29, 0.717) is 12.8 Å². The van der Waals surface area contributed by atoms with E-state index in [1.54, 1.807) is 0 Å². The summed E-state index contributed by atoms with van der Waals surface area (Å²) in [5.41, 5.74) is -0.889. The normalized spacial score (nSPS) is 16.7. The predicted octanol–water partition coefficient (Wildman–Crippen LogP) is 2.15. The molecule has 0 atom stereocenters. The molecule has 0 bridgehead atoms. The van der Waals surface area contributed by atoms with E-state index in [9.17, 15) is 27.9 Å². The molecular formula is C16H19F3N2O3. The van der Waals surface area contributed by atoms with E-state index in [0.717, 1.165) is 12.8 Å². The van der Waals surface area contributed by atoms with Crippen molar-refractivity contribution in [3.63, 3.8) is 0 Å². The number of hydrogen-bond acceptors (Lipinski definition) is 3. The number of rotatable bonds is 4. The van der Waals surface area contributed by atoms with Gasteiger partial charge in [-0.3, -0.25) is 9.59 Å². The lowest BCUT2D eigenvalue weighted by Crippen LogP contribution is -2.44. The van der Waals surface area contributed by atoms with Gasteiger partial charge in [0.05, 0.1) is 12.0 Å². The summed E-state index contributed by atoms with van der Waals surface area (Å²) in [6.45, 7) is -0.0205. The quantitative estimate of drug-likeness (QED) is 0.733. The summed E-state index contributed by atoms with van der Waals surface area (Å²) in [4.78, 5) is 23.5. The predicted molar refractivity (Wildman–Crippen MR) is 81.3 cm³/mol. The van der Waals surface area contributed by atoms with Crippen LogP contribution in [-0.2, 0) is 16.0 Å². The molecule has 0 aliphatic heterocycles. The highest BCUT2D eigenvalue weighted by Gasteiger charge is 2.32. The molecule has 132 valence electrons. The molecule has 1 fully saturated rings. The van der Waals surface area contributed by atoms with Crippen LogP contribution < -0.4 is 10.6 Å². The molecule has 1 saturated carbocycles.